The van der Waals surface area contributed by atoms with E-state index in [2.05, 4.69) is 11.4 Å². The Balaban J connectivity index is 1.65. The van der Waals surface area contributed by atoms with E-state index in [9.17, 15) is 4.39 Å². The van der Waals surface area contributed by atoms with Crippen LogP contribution in [0.4, 0.5) is 4.39 Å². The Morgan fingerprint density at radius 1 is 1.18 bits per heavy atom. The van der Waals surface area contributed by atoms with Gasteiger partial charge in [-0.3, -0.25) is 0 Å². The van der Waals surface area contributed by atoms with Gasteiger partial charge in [0.15, 0.2) is 11.6 Å². The first-order chi connectivity index (χ1) is 8.36. The number of benzene rings is 1. The van der Waals surface area contributed by atoms with Crippen LogP contribution in [-0.4, -0.2) is 13.2 Å². The molecular formula is C13H14FNOS. The quantitative estimate of drug-likeness (QED) is 0.797. The van der Waals surface area contributed by atoms with Crippen LogP contribution in [0.1, 0.15) is 4.88 Å². The van der Waals surface area contributed by atoms with Crippen LogP contribution in [0.3, 0.4) is 0 Å². The summed E-state index contributed by atoms with van der Waals surface area (Å²) in [7, 11) is 0. The Morgan fingerprint density at radius 3 is 2.82 bits per heavy atom. The van der Waals surface area contributed by atoms with Crippen LogP contribution in [0.25, 0.3) is 0 Å². The zero-order chi connectivity index (χ0) is 11.9. The van der Waals surface area contributed by atoms with Crippen molar-refractivity contribution in [2.24, 2.45) is 0 Å². The van der Waals surface area contributed by atoms with E-state index in [1.165, 1.54) is 10.9 Å². The molecule has 0 saturated heterocycles. The summed E-state index contributed by atoms with van der Waals surface area (Å²) < 4.78 is 18.5. The van der Waals surface area contributed by atoms with Crippen molar-refractivity contribution in [1.82, 2.24) is 5.32 Å². The van der Waals surface area contributed by atoms with Crippen LogP contribution in [0.2, 0.25) is 0 Å². The maximum atomic E-state index is 13.2. The standard InChI is InChI=1S/C13H14FNOS/c14-12-5-1-2-6-13(12)16-8-7-15-10-11-4-3-9-17-11/h1-6,9,15H,7-8,10H2. The summed E-state index contributed by atoms with van der Waals surface area (Å²) in [6, 6.07) is 10.5. The number of hydrogen-bond acceptors (Lipinski definition) is 3. The molecule has 0 fully saturated rings. The van der Waals surface area contributed by atoms with Gasteiger partial charge >= 0.3 is 0 Å². The fourth-order valence-electron chi connectivity index (χ4n) is 1.42. The SMILES string of the molecule is Fc1ccccc1OCCNCc1cccs1. The van der Waals surface area contributed by atoms with Crippen LogP contribution < -0.4 is 10.1 Å². The fraction of sp³-hybridized carbons (Fsp3) is 0.231. The summed E-state index contributed by atoms with van der Waals surface area (Å²) in [6.07, 6.45) is 0. The first-order valence-electron chi connectivity index (χ1n) is 5.46. The highest BCUT2D eigenvalue weighted by Crippen LogP contribution is 2.14. The number of halogens is 1. The first-order valence-corrected chi connectivity index (χ1v) is 6.34. The minimum absolute atomic E-state index is 0.311. The second kappa shape index (κ2) is 6.37. The third-order valence-corrected chi connectivity index (χ3v) is 3.13. The lowest BCUT2D eigenvalue weighted by Gasteiger charge is -2.07. The van der Waals surface area contributed by atoms with E-state index < -0.39 is 0 Å². The van der Waals surface area contributed by atoms with E-state index in [1.54, 1.807) is 29.5 Å². The van der Waals surface area contributed by atoms with Crippen molar-refractivity contribution in [3.8, 4) is 5.75 Å². The molecule has 0 radical (unpaired) electrons. The summed E-state index contributed by atoms with van der Waals surface area (Å²) in [5.41, 5.74) is 0. The molecule has 2 rings (SSSR count). The predicted molar refractivity (Wildman–Crippen MR) is 67.9 cm³/mol. The fourth-order valence-corrected chi connectivity index (χ4v) is 2.09. The normalized spacial score (nSPS) is 10.4. The van der Waals surface area contributed by atoms with E-state index in [0.29, 0.717) is 18.9 Å². The summed E-state index contributed by atoms with van der Waals surface area (Å²) >= 11 is 1.72. The molecule has 0 bridgehead atoms. The minimum atomic E-state index is -0.314. The Morgan fingerprint density at radius 2 is 2.06 bits per heavy atom. The lowest BCUT2D eigenvalue weighted by atomic mass is 10.3. The Bertz CT molecular complexity index is 444. The molecular weight excluding hydrogens is 237 g/mol. The molecule has 2 aromatic rings. The number of thiophene rings is 1. The van der Waals surface area contributed by atoms with Gasteiger partial charge in [-0.1, -0.05) is 18.2 Å². The summed E-state index contributed by atoms with van der Waals surface area (Å²) in [5.74, 6) is -0.00354. The van der Waals surface area contributed by atoms with E-state index in [4.69, 9.17) is 4.74 Å². The lowest BCUT2D eigenvalue weighted by Crippen LogP contribution is -2.20. The highest BCUT2D eigenvalue weighted by molar-refractivity contribution is 7.09. The number of nitrogens with one attached hydrogen (secondary N) is 1. The van der Waals surface area contributed by atoms with Crippen LogP contribution in [-0.2, 0) is 6.54 Å². The van der Waals surface area contributed by atoms with Crippen molar-refractivity contribution in [2.45, 2.75) is 6.54 Å². The zero-order valence-corrected chi connectivity index (χ0v) is 10.2. The van der Waals surface area contributed by atoms with Crippen molar-refractivity contribution in [3.05, 3.63) is 52.5 Å². The number of ether oxygens (including phenoxy) is 1. The monoisotopic (exact) mass is 251 g/mol. The maximum absolute atomic E-state index is 13.2. The molecule has 0 amide bonds. The van der Waals surface area contributed by atoms with Crippen molar-refractivity contribution in [3.63, 3.8) is 0 Å². The van der Waals surface area contributed by atoms with E-state index in [1.807, 2.05) is 11.4 Å². The summed E-state index contributed by atoms with van der Waals surface area (Å²) in [6.45, 7) is 2.00. The van der Waals surface area contributed by atoms with Crippen LogP contribution in [0.5, 0.6) is 5.75 Å². The molecule has 1 aromatic heterocycles. The van der Waals surface area contributed by atoms with Crippen molar-refractivity contribution in [2.75, 3.05) is 13.2 Å². The average Bonchev–Trinajstić information content (AvgIpc) is 2.84. The molecule has 1 N–H and O–H groups in total. The van der Waals surface area contributed by atoms with Gasteiger partial charge in [-0.25, -0.2) is 4.39 Å². The van der Waals surface area contributed by atoms with E-state index in [-0.39, 0.29) is 5.82 Å². The molecule has 1 aromatic carbocycles. The second-order valence-electron chi connectivity index (χ2n) is 3.54. The van der Waals surface area contributed by atoms with Gasteiger partial charge in [-0.15, -0.1) is 11.3 Å². The zero-order valence-electron chi connectivity index (χ0n) is 9.36. The Kier molecular flexibility index (Phi) is 4.53. The molecule has 0 unspecified atom stereocenters. The molecule has 2 nitrogen and oxygen atoms in total. The molecule has 90 valence electrons. The molecule has 0 spiro atoms. The predicted octanol–water partition coefficient (Wildman–Crippen LogP) is 3.06. The molecule has 0 aliphatic carbocycles. The van der Waals surface area contributed by atoms with E-state index >= 15 is 0 Å². The van der Waals surface area contributed by atoms with Crippen molar-refractivity contribution >= 4 is 11.3 Å². The van der Waals surface area contributed by atoms with Gasteiger partial charge in [-0.05, 0) is 23.6 Å². The Hall–Kier alpha value is -1.39. The van der Waals surface area contributed by atoms with Crippen LogP contribution in [0, 0.1) is 5.82 Å². The lowest BCUT2D eigenvalue weighted by molar-refractivity contribution is 0.298. The molecule has 17 heavy (non-hydrogen) atoms. The highest BCUT2D eigenvalue weighted by atomic mass is 32.1. The average molecular weight is 251 g/mol. The first kappa shape index (κ1) is 12.1. The number of para-hydroxylation sites is 1. The van der Waals surface area contributed by atoms with Gasteiger partial charge in [-0.2, -0.15) is 0 Å². The topological polar surface area (TPSA) is 21.3 Å². The third-order valence-electron chi connectivity index (χ3n) is 2.25. The molecule has 0 saturated carbocycles. The molecule has 4 heteroatoms. The third kappa shape index (κ3) is 3.84. The second-order valence-corrected chi connectivity index (χ2v) is 4.57. The molecule has 0 aliphatic heterocycles. The largest absolute Gasteiger partial charge is 0.489 e. The molecule has 0 aliphatic rings. The smallest absolute Gasteiger partial charge is 0.165 e. The van der Waals surface area contributed by atoms with E-state index in [0.717, 1.165) is 6.54 Å². The Labute approximate surface area is 104 Å². The molecule has 1 heterocycles. The maximum Gasteiger partial charge on any atom is 0.165 e. The van der Waals surface area contributed by atoms with Crippen LogP contribution >= 0.6 is 11.3 Å². The van der Waals surface area contributed by atoms with Gasteiger partial charge in [0.2, 0.25) is 0 Å². The van der Waals surface area contributed by atoms with Crippen molar-refractivity contribution < 1.29 is 9.13 Å². The van der Waals surface area contributed by atoms with Crippen molar-refractivity contribution in [1.29, 1.82) is 0 Å². The molecule has 0 atom stereocenters. The minimum Gasteiger partial charge on any atom is -0.489 e. The van der Waals surface area contributed by atoms with Gasteiger partial charge in [0.1, 0.15) is 6.61 Å². The van der Waals surface area contributed by atoms with Gasteiger partial charge in [0.05, 0.1) is 0 Å². The summed E-state index contributed by atoms with van der Waals surface area (Å²) in [5, 5.41) is 5.29. The summed E-state index contributed by atoms with van der Waals surface area (Å²) in [4.78, 5) is 1.29. The highest BCUT2D eigenvalue weighted by Gasteiger charge is 2.00. The van der Waals surface area contributed by atoms with Gasteiger partial charge < -0.3 is 10.1 Å². The van der Waals surface area contributed by atoms with Gasteiger partial charge in [0.25, 0.3) is 0 Å². The number of hydrogen-bond donors (Lipinski definition) is 1. The van der Waals surface area contributed by atoms with Crippen LogP contribution in [0.15, 0.2) is 41.8 Å². The van der Waals surface area contributed by atoms with Gasteiger partial charge in [0, 0.05) is 18.0 Å². The number of rotatable bonds is 6.